The first kappa shape index (κ1) is 9.16. The fourth-order valence-electron chi connectivity index (χ4n) is 1.89. The molecule has 0 spiro atoms. The maximum Gasteiger partial charge on any atom is 0.258 e. The summed E-state index contributed by atoms with van der Waals surface area (Å²) in [7, 11) is 0. The summed E-state index contributed by atoms with van der Waals surface area (Å²) in [5, 5.41) is 1.80. The lowest BCUT2D eigenvalue weighted by Crippen LogP contribution is -2.18. The quantitative estimate of drug-likeness (QED) is 0.775. The standard InChI is InChI=1S/C12H10BrNO/c13-11-7-14(8-5-6-8)12(15)10-4-2-1-3-9(10)11/h1-4,7-8H,5-6H2. The molecule has 1 aliphatic rings. The molecule has 0 atom stereocenters. The number of hydrogen-bond acceptors (Lipinski definition) is 1. The lowest BCUT2D eigenvalue weighted by atomic mass is 10.2. The van der Waals surface area contributed by atoms with Gasteiger partial charge in [-0.2, -0.15) is 0 Å². The molecule has 1 heterocycles. The van der Waals surface area contributed by atoms with Crippen LogP contribution in [0.1, 0.15) is 18.9 Å². The molecule has 0 N–H and O–H groups in total. The van der Waals surface area contributed by atoms with E-state index >= 15 is 0 Å². The van der Waals surface area contributed by atoms with Gasteiger partial charge in [-0.25, -0.2) is 0 Å². The van der Waals surface area contributed by atoms with Gasteiger partial charge < -0.3 is 4.57 Å². The van der Waals surface area contributed by atoms with Crippen LogP contribution in [0.25, 0.3) is 10.8 Å². The molecule has 76 valence electrons. The first-order valence-corrected chi connectivity index (χ1v) is 5.86. The summed E-state index contributed by atoms with van der Waals surface area (Å²) in [6.07, 6.45) is 4.18. The summed E-state index contributed by atoms with van der Waals surface area (Å²) < 4.78 is 2.86. The highest BCUT2D eigenvalue weighted by Crippen LogP contribution is 2.35. The second kappa shape index (κ2) is 3.20. The highest BCUT2D eigenvalue weighted by atomic mass is 79.9. The highest BCUT2D eigenvalue weighted by Gasteiger charge is 2.25. The first-order valence-electron chi connectivity index (χ1n) is 5.07. The number of nitrogens with zero attached hydrogens (tertiary/aromatic N) is 1. The Kier molecular flexibility index (Phi) is 1.96. The van der Waals surface area contributed by atoms with Crippen molar-refractivity contribution >= 4 is 26.7 Å². The van der Waals surface area contributed by atoms with Crippen molar-refractivity contribution in [1.82, 2.24) is 4.57 Å². The Morgan fingerprint density at radius 3 is 2.53 bits per heavy atom. The molecule has 0 amide bonds. The fourth-order valence-corrected chi connectivity index (χ4v) is 2.46. The Hall–Kier alpha value is -1.09. The SMILES string of the molecule is O=c1c2ccccc2c(Br)cn1C1CC1. The maximum absolute atomic E-state index is 12.1. The lowest BCUT2D eigenvalue weighted by Gasteiger charge is -2.07. The summed E-state index contributed by atoms with van der Waals surface area (Å²) in [5.41, 5.74) is 0.135. The Morgan fingerprint density at radius 1 is 1.20 bits per heavy atom. The Balaban J connectivity index is 2.41. The molecule has 2 aromatic rings. The molecule has 3 rings (SSSR count). The minimum Gasteiger partial charge on any atom is -0.311 e. The van der Waals surface area contributed by atoms with Gasteiger partial charge in [0, 0.05) is 27.5 Å². The van der Waals surface area contributed by atoms with Gasteiger partial charge in [-0.1, -0.05) is 18.2 Å². The van der Waals surface area contributed by atoms with Crippen molar-refractivity contribution in [1.29, 1.82) is 0 Å². The van der Waals surface area contributed by atoms with Gasteiger partial charge in [0.1, 0.15) is 0 Å². The number of hydrogen-bond donors (Lipinski definition) is 0. The minimum absolute atomic E-state index is 0.135. The van der Waals surface area contributed by atoms with Crippen LogP contribution in [-0.2, 0) is 0 Å². The average molecular weight is 264 g/mol. The third kappa shape index (κ3) is 1.42. The molecule has 3 heteroatoms. The average Bonchev–Trinajstić information content (AvgIpc) is 3.07. The predicted molar refractivity (Wildman–Crippen MR) is 64.2 cm³/mol. The van der Waals surface area contributed by atoms with Crippen molar-refractivity contribution in [3.63, 3.8) is 0 Å². The van der Waals surface area contributed by atoms with E-state index in [1.807, 2.05) is 35.0 Å². The molecule has 0 aliphatic heterocycles. The van der Waals surface area contributed by atoms with Gasteiger partial charge in [0.15, 0.2) is 0 Å². The summed E-state index contributed by atoms with van der Waals surface area (Å²) in [4.78, 5) is 12.1. The van der Waals surface area contributed by atoms with Crippen LogP contribution in [-0.4, -0.2) is 4.57 Å². The molecule has 0 radical (unpaired) electrons. The minimum atomic E-state index is 0.135. The predicted octanol–water partition coefficient (Wildman–Crippen LogP) is 3.10. The summed E-state index contributed by atoms with van der Waals surface area (Å²) in [6.45, 7) is 0. The van der Waals surface area contributed by atoms with E-state index in [1.165, 1.54) is 0 Å². The number of rotatable bonds is 1. The van der Waals surface area contributed by atoms with Crippen LogP contribution in [0.3, 0.4) is 0 Å². The number of aromatic nitrogens is 1. The van der Waals surface area contributed by atoms with Crippen molar-refractivity contribution in [2.24, 2.45) is 0 Å². The van der Waals surface area contributed by atoms with E-state index in [4.69, 9.17) is 0 Å². The highest BCUT2D eigenvalue weighted by molar-refractivity contribution is 9.10. The fraction of sp³-hybridized carbons (Fsp3) is 0.250. The zero-order chi connectivity index (χ0) is 10.4. The number of halogens is 1. The van der Waals surface area contributed by atoms with Crippen LogP contribution in [0, 0.1) is 0 Å². The molecule has 1 aromatic heterocycles. The topological polar surface area (TPSA) is 22.0 Å². The molecule has 1 fully saturated rings. The van der Waals surface area contributed by atoms with E-state index in [0.29, 0.717) is 6.04 Å². The maximum atomic E-state index is 12.1. The molecule has 1 aromatic carbocycles. The van der Waals surface area contributed by atoms with Crippen molar-refractivity contribution in [2.75, 3.05) is 0 Å². The van der Waals surface area contributed by atoms with Crippen molar-refractivity contribution < 1.29 is 0 Å². The zero-order valence-electron chi connectivity index (χ0n) is 8.11. The van der Waals surface area contributed by atoms with Crippen LogP contribution in [0.4, 0.5) is 0 Å². The van der Waals surface area contributed by atoms with E-state index in [-0.39, 0.29) is 5.56 Å². The van der Waals surface area contributed by atoms with Crippen molar-refractivity contribution in [2.45, 2.75) is 18.9 Å². The number of pyridine rings is 1. The third-order valence-corrected chi connectivity index (χ3v) is 3.47. The molecule has 15 heavy (non-hydrogen) atoms. The van der Waals surface area contributed by atoms with Gasteiger partial charge >= 0.3 is 0 Å². The Labute approximate surface area is 95.7 Å². The van der Waals surface area contributed by atoms with Crippen molar-refractivity contribution in [3.05, 3.63) is 45.3 Å². The third-order valence-electron chi connectivity index (χ3n) is 2.84. The smallest absolute Gasteiger partial charge is 0.258 e. The zero-order valence-corrected chi connectivity index (χ0v) is 9.70. The van der Waals surface area contributed by atoms with Crippen molar-refractivity contribution in [3.8, 4) is 0 Å². The summed E-state index contributed by atoms with van der Waals surface area (Å²) >= 11 is 3.52. The van der Waals surface area contributed by atoms with Gasteiger partial charge in [-0.05, 0) is 34.8 Å². The summed E-state index contributed by atoms with van der Waals surface area (Å²) in [6, 6.07) is 8.15. The van der Waals surface area contributed by atoms with Gasteiger partial charge in [-0.15, -0.1) is 0 Å². The molecular formula is C12H10BrNO. The van der Waals surface area contributed by atoms with E-state index in [0.717, 1.165) is 28.1 Å². The first-order chi connectivity index (χ1) is 7.27. The molecule has 2 nitrogen and oxygen atoms in total. The lowest BCUT2D eigenvalue weighted by molar-refractivity contribution is 0.712. The monoisotopic (exact) mass is 263 g/mol. The molecule has 0 unspecified atom stereocenters. The van der Waals surface area contributed by atoms with E-state index in [9.17, 15) is 4.79 Å². The van der Waals surface area contributed by atoms with Crippen LogP contribution >= 0.6 is 15.9 Å². The van der Waals surface area contributed by atoms with E-state index < -0.39 is 0 Å². The second-order valence-electron chi connectivity index (χ2n) is 3.97. The molecule has 0 saturated heterocycles. The van der Waals surface area contributed by atoms with Crippen LogP contribution in [0.5, 0.6) is 0 Å². The normalized spacial score (nSPS) is 15.8. The van der Waals surface area contributed by atoms with Gasteiger partial charge in [-0.3, -0.25) is 4.79 Å². The van der Waals surface area contributed by atoms with E-state index in [1.54, 1.807) is 0 Å². The van der Waals surface area contributed by atoms with Gasteiger partial charge in [0.05, 0.1) is 0 Å². The van der Waals surface area contributed by atoms with Crippen LogP contribution in [0.15, 0.2) is 39.7 Å². The molecular weight excluding hydrogens is 254 g/mol. The summed E-state index contributed by atoms with van der Waals surface area (Å²) in [5.74, 6) is 0. The molecule has 1 saturated carbocycles. The Bertz CT molecular complexity index is 584. The molecule has 0 bridgehead atoms. The van der Waals surface area contributed by atoms with Gasteiger partial charge in [0.25, 0.3) is 5.56 Å². The van der Waals surface area contributed by atoms with E-state index in [2.05, 4.69) is 15.9 Å². The number of fused-ring (bicyclic) bond motifs is 1. The van der Waals surface area contributed by atoms with Crippen LogP contribution in [0.2, 0.25) is 0 Å². The number of benzene rings is 1. The second-order valence-corrected chi connectivity index (χ2v) is 4.82. The van der Waals surface area contributed by atoms with Crippen LogP contribution < -0.4 is 5.56 Å². The Morgan fingerprint density at radius 2 is 1.87 bits per heavy atom. The largest absolute Gasteiger partial charge is 0.311 e. The van der Waals surface area contributed by atoms with Gasteiger partial charge in [0.2, 0.25) is 0 Å². The molecule has 1 aliphatic carbocycles.